The minimum absolute atomic E-state index is 0.0445. The van der Waals surface area contributed by atoms with E-state index in [0.717, 1.165) is 6.07 Å². The molecule has 14 heavy (non-hydrogen) atoms. The van der Waals surface area contributed by atoms with Gasteiger partial charge in [0.25, 0.3) is 0 Å². The highest BCUT2D eigenvalue weighted by atomic mass is 32.1. The Bertz CT molecular complexity index is 350. The van der Waals surface area contributed by atoms with Crippen LogP contribution in [-0.4, -0.2) is 5.75 Å². The third-order valence-corrected chi connectivity index (χ3v) is 1.99. The molecule has 0 aliphatic rings. The van der Waals surface area contributed by atoms with E-state index in [9.17, 15) is 8.78 Å². The summed E-state index contributed by atoms with van der Waals surface area (Å²) >= 11 is 3.98. The second-order valence-electron chi connectivity index (χ2n) is 2.78. The highest BCUT2D eigenvalue weighted by Gasteiger charge is 2.08. The zero-order valence-corrected chi connectivity index (χ0v) is 8.40. The minimum Gasteiger partial charge on any atom is -0.396 e. The van der Waals surface area contributed by atoms with E-state index < -0.39 is 11.6 Å². The first-order chi connectivity index (χ1) is 6.66. The summed E-state index contributed by atoms with van der Waals surface area (Å²) in [6, 6.07) is 2.36. The molecule has 0 aromatic heterocycles. The van der Waals surface area contributed by atoms with Gasteiger partial charge >= 0.3 is 0 Å². The number of benzene rings is 1. The lowest BCUT2D eigenvalue weighted by Gasteiger charge is -2.01. The zero-order chi connectivity index (χ0) is 10.6. The monoisotopic (exact) mass is 215 g/mol. The second kappa shape index (κ2) is 5.00. The van der Waals surface area contributed by atoms with Crippen LogP contribution in [0.4, 0.5) is 14.5 Å². The Morgan fingerprint density at radius 1 is 1.36 bits per heavy atom. The van der Waals surface area contributed by atoms with Crippen LogP contribution in [0, 0.1) is 11.6 Å². The van der Waals surface area contributed by atoms with Crippen LogP contribution in [0.2, 0.25) is 0 Å². The topological polar surface area (TPSA) is 26.0 Å². The fourth-order valence-electron chi connectivity index (χ4n) is 1.01. The lowest BCUT2D eigenvalue weighted by atomic mass is 10.1. The van der Waals surface area contributed by atoms with Crippen molar-refractivity contribution in [3.63, 3.8) is 0 Å². The molecule has 0 aliphatic carbocycles. The predicted molar refractivity (Wildman–Crippen MR) is 58.3 cm³/mol. The first kappa shape index (κ1) is 11.0. The van der Waals surface area contributed by atoms with Crippen LogP contribution in [0.5, 0.6) is 0 Å². The Kier molecular flexibility index (Phi) is 3.95. The molecule has 1 rings (SSSR count). The fourth-order valence-corrected chi connectivity index (χ4v) is 1.16. The summed E-state index contributed by atoms with van der Waals surface area (Å²) in [4.78, 5) is 0. The molecule has 0 amide bonds. The third-order valence-electron chi connectivity index (χ3n) is 1.74. The van der Waals surface area contributed by atoms with E-state index in [-0.39, 0.29) is 11.3 Å². The van der Waals surface area contributed by atoms with Gasteiger partial charge in [-0.05, 0) is 24.3 Å². The van der Waals surface area contributed by atoms with Crippen LogP contribution in [-0.2, 0) is 0 Å². The van der Waals surface area contributed by atoms with Crippen molar-refractivity contribution >= 4 is 24.4 Å². The van der Waals surface area contributed by atoms with E-state index in [2.05, 4.69) is 12.6 Å². The van der Waals surface area contributed by atoms with Crippen molar-refractivity contribution in [2.24, 2.45) is 0 Å². The number of nitrogen functional groups attached to an aromatic ring is 1. The van der Waals surface area contributed by atoms with Crippen LogP contribution in [0.15, 0.2) is 18.2 Å². The van der Waals surface area contributed by atoms with Gasteiger partial charge in [0.2, 0.25) is 0 Å². The summed E-state index contributed by atoms with van der Waals surface area (Å²) in [5.41, 5.74) is 5.17. The number of hydrogen-bond acceptors (Lipinski definition) is 2. The standard InChI is InChI=1S/C10H11F2NS/c11-8-4-5-9(13)10(12)7(8)3-1-2-6-14/h1,3-5,14H,2,6,13H2. The number of thiol groups is 1. The Morgan fingerprint density at radius 2 is 2.07 bits per heavy atom. The van der Waals surface area contributed by atoms with Crippen LogP contribution < -0.4 is 5.73 Å². The predicted octanol–water partition coefficient (Wildman–Crippen LogP) is 2.88. The Morgan fingerprint density at radius 3 is 2.71 bits per heavy atom. The summed E-state index contributed by atoms with van der Waals surface area (Å²) < 4.78 is 26.3. The van der Waals surface area contributed by atoms with Gasteiger partial charge in [-0.15, -0.1) is 0 Å². The summed E-state index contributed by atoms with van der Waals surface area (Å²) in [6.45, 7) is 0. The van der Waals surface area contributed by atoms with Crippen molar-refractivity contribution in [1.82, 2.24) is 0 Å². The van der Waals surface area contributed by atoms with E-state index in [4.69, 9.17) is 5.73 Å². The van der Waals surface area contributed by atoms with Gasteiger partial charge in [0.15, 0.2) is 5.82 Å². The molecule has 1 nitrogen and oxygen atoms in total. The van der Waals surface area contributed by atoms with Crippen molar-refractivity contribution < 1.29 is 8.78 Å². The third kappa shape index (κ3) is 2.48. The van der Waals surface area contributed by atoms with Gasteiger partial charge < -0.3 is 5.73 Å². The van der Waals surface area contributed by atoms with Gasteiger partial charge in [-0.1, -0.05) is 12.2 Å². The normalized spacial score (nSPS) is 11.1. The van der Waals surface area contributed by atoms with Gasteiger partial charge in [0, 0.05) is 5.56 Å². The van der Waals surface area contributed by atoms with Gasteiger partial charge in [0.05, 0.1) is 5.69 Å². The van der Waals surface area contributed by atoms with E-state index in [1.165, 1.54) is 12.1 Å². The Labute approximate surface area is 87.0 Å². The van der Waals surface area contributed by atoms with Crippen LogP contribution >= 0.6 is 12.6 Å². The van der Waals surface area contributed by atoms with Gasteiger partial charge in [-0.3, -0.25) is 0 Å². The van der Waals surface area contributed by atoms with Crippen molar-refractivity contribution in [1.29, 1.82) is 0 Å². The van der Waals surface area contributed by atoms with Crippen LogP contribution in [0.3, 0.4) is 0 Å². The molecule has 0 heterocycles. The van der Waals surface area contributed by atoms with Gasteiger partial charge in [0.1, 0.15) is 5.82 Å². The molecule has 0 saturated carbocycles. The average molecular weight is 215 g/mol. The fraction of sp³-hybridized carbons (Fsp3) is 0.200. The molecule has 0 radical (unpaired) electrons. The quantitative estimate of drug-likeness (QED) is 0.588. The van der Waals surface area contributed by atoms with Crippen molar-refractivity contribution in [3.05, 3.63) is 35.4 Å². The largest absolute Gasteiger partial charge is 0.396 e. The number of nitrogens with two attached hydrogens (primary N) is 1. The average Bonchev–Trinajstić information content (AvgIpc) is 2.18. The molecule has 76 valence electrons. The number of hydrogen-bond donors (Lipinski definition) is 2. The summed E-state index contributed by atoms with van der Waals surface area (Å²) in [5.74, 6) is -0.672. The number of rotatable bonds is 3. The highest BCUT2D eigenvalue weighted by molar-refractivity contribution is 7.80. The SMILES string of the molecule is Nc1ccc(F)c(C=CCCS)c1F. The van der Waals surface area contributed by atoms with Gasteiger partial charge in [-0.25, -0.2) is 8.78 Å². The molecule has 2 N–H and O–H groups in total. The Balaban J connectivity index is 3.00. The maximum Gasteiger partial charge on any atom is 0.156 e. The lowest BCUT2D eigenvalue weighted by molar-refractivity contribution is 0.581. The van der Waals surface area contributed by atoms with Crippen LogP contribution in [0.25, 0.3) is 6.08 Å². The number of halogens is 2. The first-order valence-corrected chi connectivity index (χ1v) is 4.81. The summed E-state index contributed by atoms with van der Waals surface area (Å²) in [6.07, 6.45) is 3.71. The summed E-state index contributed by atoms with van der Waals surface area (Å²) in [7, 11) is 0. The van der Waals surface area contributed by atoms with Crippen molar-refractivity contribution in [3.8, 4) is 0 Å². The number of allylic oxidation sites excluding steroid dienone is 1. The maximum absolute atomic E-state index is 13.3. The van der Waals surface area contributed by atoms with Crippen LogP contribution in [0.1, 0.15) is 12.0 Å². The molecule has 4 heteroatoms. The van der Waals surface area contributed by atoms with E-state index in [1.807, 2.05) is 0 Å². The molecular formula is C10H11F2NS. The van der Waals surface area contributed by atoms with E-state index in [0.29, 0.717) is 12.2 Å². The summed E-state index contributed by atoms with van der Waals surface area (Å²) in [5, 5.41) is 0. The van der Waals surface area contributed by atoms with Gasteiger partial charge in [-0.2, -0.15) is 12.6 Å². The molecule has 1 aromatic rings. The molecule has 0 bridgehead atoms. The minimum atomic E-state index is -0.708. The van der Waals surface area contributed by atoms with E-state index in [1.54, 1.807) is 6.08 Å². The van der Waals surface area contributed by atoms with Crippen molar-refractivity contribution in [2.75, 3.05) is 11.5 Å². The molecular weight excluding hydrogens is 204 g/mol. The molecule has 0 unspecified atom stereocenters. The van der Waals surface area contributed by atoms with E-state index >= 15 is 0 Å². The second-order valence-corrected chi connectivity index (χ2v) is 3.23. The molecule has 1 aromatic carbocycles. The van der Waals surface area contributed by atoms with Crippen molar-refractivity contribution in [2.45, 2.75) is 6.42 Å². The first-order valence-electron chi connectivity index (χ1n) is 4.17. The smallest absolute Gasteiger partial charge is 0.156 e. The maximum atomic E-state index is 13.3. The number of anilines is 1. The Hall–Kier alpha value is -1.03. The molecule has 0 aliphatic heterocycles. The highest BCUT2D eigenvalue weighted by Crippen LogP contribution is 2.19. The molecule has 0 atom stereocenters. The molecule has 0 fully saturated rings. The molecule has 0 spiro atoms. The molecule has 0 saturated heterocycles. The zero-order valence-electron chi connectivity index (χ0n) is 7.50. The lowest BCUT2D eigenvalue weighted by Crippen LogP contribution is -1.96.